The quantitative estimate of drug-likeness (QED) is 0.565. The van der Waals surface area contributed by atoms with Crippen LogP contribution >= 0.6 is 0 Å². The van der Waals surface area contributed by atoms with Gasteiger partial charge in [-0.1, -0.05) is 43.3 Å². The van der Waals surface area contributed by atoms with Crippen LogP contribution in [0.15, 0.2) is 43.0 Å². The zero-order valence-electron chi connectivity index (χ0n) is 14.4. The van der Waals surface area contributed by atoms with E-state index in [0.717, 1.165) is 5.56 Å². The minimum atomic E-state index is -0.593. The van der Waals surface area contributed by atoms with Gasteiger partial charge in [-0.05, 0) is 32.8 Å². The molecule has 0 heterocycles. The summed E-state index contributed by atoms with van der Waals surface area (Å²) in [5, 5.41) is 0. The Morgan fingerprint density at radius 1 is 1.17 bits per heavy atom. The van der Waals surface area contributed by atoms with Crippen LogP contribution in [0.2, 0.25) is 0 Å². The lowest BCUT2D eigenvalue weighted by Crippen LogP contribution is -2.34. The number of ether oxygens (including phenoxy) is 2. The lowest BCUT2D eigenvalue weighted by atomic mass is 9.90. The maximum absolute atomic E-state index is 12.3. The standard InChI is InChI=1S/C19H26O4/c1-6-10-16(18(21)23-19(3,4)5)14(2)17(20)22-13-15-11-8-7-9-12-15/h6-9,11-12,14,16H,1,10,13H2,2-5H3/t14-,16+/m0/s1. The van der Waals surface area contributed by atoms with Gasteiger partial charge in [-0.25, -0.2) is 0 Å². The highest BCUT2D eigenvalue weighted by atomic mass is 16.6. The fraction of sp³-hybridized carbons (Fsp3) is 0.474. The minimum absolute atomic E-state index is 0.194. The second-order valence-electron chi connectivity index (χ2n) is 6.55. The van der Waals surface area contributed by atoms with E-state index in [0.29, 0.717) is 6.42 Å². The summed E-state index contributed by atoms with van der Waals surface area (Å²) in [7, 11) is 0. The summed E-state index contributed by atoms with van der Waals surface area (Å²) < 4.78 is 10.7. The van der Waals surface area contributed by atoms with Crippen molar-refractivity contribution < 1.29 is 19.1 Å². The Morgan fingerprint density at radius 2 is 1.78 bits per heavy atom. The van der Waals surface area contributed by atoms with E-state index in [1.54, 1.807) is 33.8 Å². The minimum Gasteiger partial charge on any atom is -0.461 e. The number of carbonyl (C=O) groups excluding carboxylic acids is 2. The first-order valence-corrected chi connectivity index (χ1v) is 7.79. The third-order valence-corrected chi connectivity index (χ3v) is 3.33. The van der Waals surface area contributed by atoms with Crippen LogP contribution in [0.3, 0.4) is 0 Å². The Labute approximate surface area is 138 Å². The highest BCUT2D eigenvalue weighted by Crippen LogP contribution is 2.23. The monoisotopic (exact) mass is 318 g/mol. The average molecular weight is 318 g/mol. The van der Waals surface area contributed by atoms with E-state index in [4.69, 9.17) is 9.47 Å². The summed E-state index contributed by atoms with van der Waals surface area (Å²) in [6.45, 7) is 10.9. The lowest BCUT2D eigenvalue weighted by Gasteiger charge is -2.26. The highest BCUT2D eigenvalue weighted by Gasteiger charge is 2.33. The molecule has 4 heteroatoms. The molecule has 0 radical (unpaired) electrons. The molecule has 0 saturated heterocycles. The van der Waals surface area contributed by atoms with Crippen molar-refractivity contribution in [2.45, 2.75) is 46.3 Å². The van der Waals surface area contributed by atoms with Gasteiger partial charge >= 0.3 is 11.9 Å². The predicted octanol–water partition coefficient (Wildman–Crippen LogP) is 3.90. The third-order valence-electron chi connectivity index (χ3n) is 3.33. The summed E-state index contributed by atoms with van der Waals surface area (Å²) in [4.78, 5) is 24.5. The Hall–Kier alpha value is -2.10. The van der Waals surface area contributed by atoms with E-state index < -0.39 is 29.4 Å². The topological polar surface area (TPSA) is 52.6 Å². The molecular weight excluding hydrogens is 292 g/mol. The van der Waals surface area contributed by atoms with Gasteiger partial charge in [0.25, 0.3) is 0 Å². The molecule has 4 nitrogen and oxygen atoms in total. The molecule has 0 amide bonds. The molecule has 0 spiro atoms. The van der Waals surface area contributed by atoms with Crippen LogP contribution in [-0.2, 0) is 25.7 Å². The van der Waals surface area contributed by atoms with Crippen LogP contribution in [0.1, 0.15) is 39.7 Å². The normalized spacial score (nSPS) is 13.7. The van der Waals surface area contributed by atoms with Gasteiger partial charge in [0.1, 0.15) is 12.2 Å². The van der Waals surface area contributed by atoms with Crippen molar-refractivity contribution in [2.75, 3.05) is 0 Å². The van der Waals surface area contributed by atoms with Gasteiger partial charge in [-0.2, -0.15) is 0 Å². The molecule has 0 aliphatic rings. The number of hydrogen-bond acceptors (Lipinski definition) is 4. The van der Waals surface area contributed by atoms with Crippen molar-refractivity contribution in [1.82, 2.24) is 0 Å². The first kappa shape index (κ1) is 18.9. The fourth-order valence-corrected chi connectivity index (χ4v) is 2.09. The van der Waals surface area contributed by atoms with Crippen molar-refractivity contribution in [3.8, 4) is 0 Å². The van der Waals surface area contributed by atoms with Crippen LogP contribution in [0.25, 0.3) is 0 Å². The summed E-state index contributed by atoms with van der Waals surface area (Å²) in [5.74, 6) is -1.99. The summed E-state index contributed by atoms with van der Waals surface area (Å²) in [5.41, 5.74) is 0.315. The molecule has 0 aliphatic carbocycles. The van der Waals surface area contributed by atoms with Gasteiger partial charge in [-0.15, -0.1) is 6.58 Å². The van der Waals surface area contributed by atoms with Crippen molar-refractivity contribution in [2.24, 2.45) is 11.8 Å². The summed E-state index contributed by atoms with van der Waals surface area (Å²) >= 11 is 0. The Bertz CT molecular complexity index is 528. The van der Waals surface area contributed by atoms with Gasteiger partial charge in [0.05, 0.1) is 11.8 Å². The first-order valence-electron chi connectivity index (χ1n) is 7.79. The molecular formula is C19H26O4. The van der Waals surface area contributed by atoms with E-state index in [1.807, 2.05) is 30.3 Å². The van der Waals surface area contributed by atoms with E-state index in [9.17, 15) is 9.59 Å². The second-order valence-corrected chi connectivity index (χ2v) is 6.55. The van der Waals surface area contributed by atoms with Gasteiger partial charge in [0.2, 0.25) is 0 Å². The van der Waals surface area contributed by atoms with E-state index in [2.05, 4.69) is 6.58 Å². The van der Waals surface area contributed by atoms with Crippen LogP contribution in [-0.4, -0.2) is 17.5 Å². The Balaban J connectivity index is 2.68. The number of benzene rings is 1. The molecule has 0 N–H and O–H groups in total. The molecule has 0 bridgehead atoms. The average Bonchev–Trinajstić information content (AvgIpc) is 2.48. The van der Waals surface area contributed by atoms with E-state index in [1.165, 1.54) is 0 Å². The number of hydrogen-bond donors (Lipinski definition) is 0. The van der Waals surface area contributed by atoms with Crippen LogP contribution in [0.5, 0.6) is 0 Å². The molecule has 0 unspecified atom stereocenters. The summed E-state index contributed by atoms with van der Waals surface area (Å²) in [6.07, 6.45) is 1.99. The molecule has 0 fully saturated rings. The predicted molar refractivity (Wildman–Crippen MR) is 89.6 cm³/mol. The number of esters is 2. The molecule has 1 aromatic carbocycles. The molecule has 0 aromatic heterocycles. The summed E-state index contributed by atoms with van der Waals surface area (Å²) in [6, 6.07) is 9.43. The zero-order valence-corrected chi connectivity index (χ0v) is 14.4. The van der Waals surface area contributed by atoms with Crippen LogP contribution < -0.4 is 0 Å². The van der Waals surface area contributed by atoms with Gasteiger partial charge in [0, 0.05) is 0 Å². The molecule has 1 rings (SSSR count). The van der Waals surface area contributed by atoms with Crippen LogP contribution in [0, 0.1) is 11.8 Å². The SMILES string of the molecule is C=CC[C@@H](C(=O)OC(C)(C)C)[C@H](C)C(=O)OCc1ccccc1. The van der Waals surface area contributed by atoms with E-state index in [-0.39, 0.29) is 6.61 Å². The number of rotatable bonds is 7. The van der Waals surface area contributed by atoms with E-state index >= 15 is 0 Å². The molecule has 23 heavy (non-hydrogen) atoms. The molecule has 1 aromatic rings. The smallest absolute Gasteiger partial charge is 0.310 e. The Kier molecular flexibility index (Phi) is 7.01. The highest BCUT2D eigenvalue weighted by molar-refractivity contribution is 5.82. The lowest BCUT2D eigenvalue weighted by molar-refractivity contribution is -0.168. The fourth-order valence-electron chi connectivity index (χ4n) is 2.09. The van der Waals surface area contributed by atoms with Gasteiger partial charge in [0.15, 0.2) is 0 Å². The second kappa shape index (κ2) is 8.51. The number of allylic oxidation sites excluding steroid dienone is 1. The molecule has 0 aliphatic heterocycles. The molecule has 0 saturated carbocycles. The van der Waals surface area contributed by atoms with Crippen molar-refractivity contribution in [1.29, 1.82) is 0 Å². The maximum Gasteiger partial charge on any atom is 0.310 e. The molecule has 2 atom stereocenters. The third kappa shape index (κ3) is 6.68. The van der Waals surface area contributed by atoms with Gasteiger partial charge in [-0.3, -0.25) is 9.59 Å². The zero-order chi connectivity index (χ0) is 17.5. The van der Waals surface area contributed by atoms with Crippen molar-refractivity contribution in [3.63, 3.8) is 0 Å². The maximum atomic E-state index is 12.3. The van der Waals surface area contributed by atoms with Crippen LogP contribution in [0.4, 0.5) is 0 Å². The number of carbonyl (C=O) groups is 2. The largest absolute Gasteiger partial charge is 0.461 e. The molecule has 126 valence electrons. The van der Waals surface area contributed by atoms with Gasteiger partial charge < -0.3 is 9.47 Å². The van der Waals surface area contributed by atoms with Crippen molar-refractivity contribution in [3.05, 3.63) is 48.6 Å². The first-order chi connectivity index (χ1) is 10.7. The Morgan fingerprint density at radius 3 is 2.30 bits per heavy atom. The van der Waals surface area contributed by atoms with Crippen molar-refractivity contribution >= 4 is 11.9 Å².